The molecule has 4 N–H and O–H groups in total. The second kappa shape index (κ2) is 6.56. The van der Waals surface area contributed by atoms with Crippen LogP contribution in [-0.4, -0.2) is 30.3 Å². The Morgan fingerprint density at radius 3 is 2.71 bits per heavy atom. The lowest BCUT2D eigenvalue weighted by Gasteiger charge is -2.16. The fraction of sp³-hybridized carbons (Fsp3) is 0.818. The Morgan fingerprint density at radius 2 is 2.12 bits per heavy atom. The van der Waals surface area contributed by atoms with Crippen LogP contribution in [0, 0.1) is 5.92 Å². The monoisotopic (exact) mass is 241 g/mol. The van der Waals surface area contributed by atoms with Crippen molar-refractivity contribution in [3.8, 4) is 0 Å². The number of anilines is 1. The number of rotatable bonds is 7. The summed E-state index contributed by atoms with van der Waals surface area (Å²) >= 11 is 0. The first-order chi connectivity index (χ1) is 8.04. The second-order valence-electron chi connectivity index (χ2n) is 4.74. The third kappa shape index (κ3) is 4.32. The zero-order valence-corrected chi connectivity index (χ0v) is 10.9. The maximum Gasteiger partial charge on any atom is 0.265 e. The molecule has 0 aliphatic rings. The van der Waals surface area contributed by atoms with Crippen LogP contribution >= 0.6 is 0 Å². The van der Waals surface area contributed by atoms with E-state index >= 15 is 0 Å². The van der Waals surface area contributed by atoms with Crippen molar-refractivity contribution in [2.24, 2.45) is 17.4 Å². The van der Waals surface area contributed by atoms with E-state index in [1.165, 1.54) is 0 Å². The van der Waals surface area contributed by atoms with E-state index in [1.54, 1.807) is 0 Å². The minimum Gasteiger partial charge on any atom is -0.341 e. The Labute approximate surface area is 102 Å². The van der Waals surface area contributed by atoms with Crippen LogP contribution in [0.15, 0.2) is 4.52 Å². The molecule has 6 heteroatoms. The summed E-state index contributed by atoms with van der Waals surface area (Å²) in [5.41, 5.74) is 11.4. The molecule has 0 saturated heterocycles. The molecule has 0 radical (unpaired) electrons. The number of hydrogen-bond acceptors (Lipinski definition) is 6. The third-order valence-electron chi connectivity index (χ3n) is 2.45. The maximum absolute atomic E-state index is 5.93. The van der Waals surface area contributed by atoms with Gasteiger partial charge < -0.3 is 20.9 Å². The smallest absolute Gasteiger partial charge is 0.265 e. The van der Waals surface area contributed by atoms with Crippen molar-refractivity contribution in [1.29, 1.82) is 0 Å². The summed E-state index contributed by atoms with van der Waals surface area (Å²) in [6.45, 7) is 5.80. The summed E-state index contributed by atoms with van der Waals surface area (Å²) in [5.74, 6) is 1.63. The largest absolute Gasteiger partial charge is 0.341 e. The number of hydrogen-bond donors (Lipinski definition) is 2. The van der Waals surface area contributed by atoms with E-state index in [2.05, 4.69) is 24.0 Å². The second-order valence-corrected chi connectivity index (χ2v) is 4.74. The normalized spacial score (nSPS) is 13.1. The first kappa shape index (κ1) is 13.9. The van der Waals surface area contributed by atoms with Gasteiger partial charge in [-0.05, 0) is 30.5 Å². The molecule has 0 amide bonds. The molecule has 1 rings (SSSR count). The van der Waals surface area contributed by atoms with E-state index in [9.17, 15) is 0 Å². The molecular weight excluding hydrogens is 218 g/mol. The summed E-state index contributed by atoms with van der Waals surface area (Å²) in [6.07, 6.45) is 1.63. The highest BCUT2D eigenvalue weighted by Crippen LogP contribution is 2.16. The molecule has 6 nitrogen and oxygen atoms in total. The third-order valence-corrected chi connectivity index (χ3v) is 2.45. The first-order valence-corrected chi connectivity index (χ1v) is 6.05. The van der Waals surface area contributed by atoms with Crippen LogP contribution in [0.5, 0.6) is 0 Å². The van der Waals surface area contributed by atoms with Gasteiger partial charge in [0.25, 0.3) is 5.95 Å². The molecule has 1 aromatic heterocycles. The Morgan fingerprint density at radius 1 is 1.41 bits per heavy atom. The van der Waals surface area contributed by atoms with E-state index < -0.39 is 0 Å². The molecule has 0 fully saturated rings. The molecule has 0 saturated carbocycles. The van der Waals surface area contributed by atoms with Gasteiger partial charge in [0, 0.05) is 13.6 Å². The fourth-order valence-corrected chi connectivity index (χ4v) is 1.62. The highest BCUT2D eigenvalue weighted by Gasteiger charge is 2.16. The fourth-order valence-electron chi connectivity index (χ4n) is 1.62. The molecule has 17 heavy (non-hydrogen) atoms. The lowest BCUT2D eigenvalue weighted by atomic mass is 10.2. The summed E-state index contributed by atoms with van der Waals surface area (Å²) < 4.78 is 5.16. The molecule has 1 heterocycles. The van der Waals surface area contributed by atoms with Gasteiger partial charge in [0.05, 0.1) is 6.04 Å². The number of nitrogens with zero attached hydrogens (tertiary/aromatic N) is 3. The molecule has 98 valence electrons. The van der Waals surface area contributed by atoms with Crippen molar-refractivity contribution < 1.29 is 4.52 Å². The average molecular weight is 241 g/mol. The maximum atomic E-state index is 5.93. The van der Waals surface area contributed by atoms with Crippen molar-refractivity contribution in [3.05, 3.63) is 5.89 Å². The lowest BCUT2D eigenvalue weighted by molar-refractivity contribution is 0.346. The quantitative estimate of drug-likeness (QED) is 0.736. The van der Waals surface area contributed by atoms with Crippen molar-refractivity contribution in [2.45, 2.75) is 32.7 Å². The zero-order chi connectivity index (χ0) is 12.8. The predicted molar refractivity (Wildman–Crippen MR) is 67.6 cm³/mol. The van der Waals surface area contributed by atoms with Crippen LogP contribution in [-0.2, 0) is 0 Å². The van der Waals surface area contributed by atoms with E-state index in [0.29, 0.717) is 24.3 Å². The Hall–Kier alpha value is -1.14. The summed E-state index contributed by atoms with van der Waals surface area (Å²) in [7, 11) is 1.94. The highest BCUT2D eigenvalue weighted by atomic mass is 16.5. The van der Waals surface area contributed by atoms with Gasteiger partial charge >= 0.3 is 0 Å². The average Bonchev–Trinajstić information content (AvgIpc) is 2.74. The van der Waals surface area contributed by atoms with Crippen LogP contribution in [0.25, 0.3) is 0 Å². The highest BCUT2D eigenvalue weighted by molar-refractivity contribution is 5.26. The van der Waals surface area contributed by atoms with Crippen molar-refractivity contribution in [3.63, 3.8) is 0 Å². The topological polar surface area (TPSA) is 94.2 Å². The van der Waals surface area contributed by atoms with E-state index in [1.807, 2.05) is 11.9 Å². The number of aromatic nitrogens is 2. The Bertz CT molecular complexity index is 325. The summed E-state index contributed by atoms with van der Waals surface area (Å²) in [6, 6.07) is -0.216. The molecule has 0 unspecified atom stereocenters. The molecule has 1 atom stereocenters. The molecule has 0 spiro atoms. The molecule has 0 aliphatic carbocycles. The molecule has 0 aliphatic heterocycles. The number of nitrogens with two attached hydrogens (primary N) is 2. The molecule has 0 bridgehead atoms. The SMILES string of the molecule is CC(C)CN(C)c1noc([C@@H](N)CCCN)n1. The van der Waals surface area contributed by atoms with Gasteiger partial charge in [-0.3, -0.25) is 0 Å². The summed E-state index contributed by atoms with van der Waals surface area (Å²) in [5, 5.41) is 3.93. The van der Waals surface area contributed by atoms with Crippen molar-refractivity contribution >= 4 is 5.95 Å². The lowest BCUT2D eigenvalue weighted by Crippen LogP contribution is -2.23. The Kier molecular flexibility index (Phi) is 5.37. The zero-order valence-electron chi connectivity index (χ0n) is 10.9. The Balaban J connectivity index is 2.57. The van der Waals surface area contributed by atoms with Crippen LogP contribution in [0.2, 0.25) is 0 Å². The van der Waals surface area contributed by atoms with Crippen molar-refractivity contribution in [2.75, 3.05) is 25.0 Å². The van der Waals surface area contributed by atoms with Crippen LogP contribution in [0.3, 0.4) is 0 Å². The van der Waals surface area contributed by atoms with Gasteiger partial charge in [0.2, 0.25) is 5.89 Å². The van der Waals surface area contributed by atoms with E-state index in [0.717, 1.165) is 19.4 Å². The predicted octanol–water partition coefficient (Wildman–Crippen LogP) is 0.901. The first-order valence-electron chi connectivity index (χ1n) is 6.05. The molecule has 1 aromatic rings. The van der Waals surface area contributed by atoms with Gasteiger partial charge in [-0.25, -0.2) is 0 Å². The summed E-state index contributed by atoms with van der Waals surface area (Å²) in [4.78, 5) is 6.26. The van der Waals surface area contributed by atoms with E-state index in [-0.39, 0.29) is 6.04 Å². The van der Waals surface area contributed by atoms with Crippen molar-refractivity contribution in [1.82, 2.24) is 10.1 Å². The van der Waals surface area contributed by atoms with Gasteiger partial charge in [-0.15, -0.1) is 0 Å². The van der Waals surface area contributed by atoms with Gasteiger partial charge in [0.1, 0.15) is 0 Å². The van der Waals surface area contributed by atoms with Crippen LogP contribution in [0.1, 0.15) is 38.6 Å². The molecule has 0 aromatic carbocycles. The minimum absolute atomic E-state index is 0.216. The van der Waals surface area contributed by atoms with Gasteiger partial charge in [-0.2, -0.15) is 4.98 Å². The standard InChI is InChI=1S/C11H23N5O/c1-8(2)7-16(3)11-14-10(17-15-11)9(13)5-4-6-12/h8-9H,4-7,12-13H2,1-3H3/t9-/m0/s1. The molecular formula is C11H23N5O. The van der Waals surface area contributed by atoms with Gasteiger partial charge in [0.15, 0.2) is 0 Å². The van der Waals surface area contributed by atoms with Crippen LogP contribution in [0.4, 0.5) is 5.95 Å². The van der Waals surface area contributed by atoms with E-state index in [4.69, 9.17) is 16.0 Å². The van der Waals surface area contributed by atoms with Crippen LogP contribution < -0.4 is 16.4 Å². The van der Waals surface area contributed by atoms with Gasteiger partial charge in [-0.1, -0.05) is 13.8 Å². The minimum atomic E-state index is -0.216.